The van der Waals surface area contributed by atoms with Crippen LogP contribution in [-0.2, 0) is 9.59 Å². The zero-order chi connectivity index (χ0) is 9.84. The highest BCUT2D eigenvalue weighted by Gasteiger charge is 2.18. The summed E-state index contributed by atoms with van der Waals surface area (Å²) in [6.45, 7) is 4.96. The molecule has 0 spiro atoms. The molecule has 72 valence electrons. The first-order valence-electron chi connectivity index (χ1n) is 4.55. The molecule has 0 atom stereocenters. The van der Waals surface area contributed by atoms with Crippen molar-refractivity contribution in [2.75, 3.05) is 13.1 Å². The van der Waals surface area contributed by atoms with E-state index in [4.69, 9.17) is 0 Å². The molecule has 0 aromatic rings. The van der Waals surface area contributed by atoms with Crippen LogP contribution in [0.5, 0.6) is 0 Å². The lowest BCUT2D eigenvalue weighted by molar-refractivity contribution is -0.130. The fourth-order valence-corrected chi connectivity index (χ4v) is 1.31. The third kappa shape index (κ3) is 3.01. The van der Waals surface area contributed by atoms with E-state index in [1.165, 1.54) is 0 Å². The third-order valence-corrected chi connectivity index (χ3v) is 2.04. The van der Waals surface area contributed by atoms with Gasteiger partial charge in [-0.3, -0.25) is 9.59 Å². The highest BCUT2D eigenvalue weighted by Crippen LogP contribution is 2.06. The molecule has 0 aliphatic carbocycles. The van der Waals surface area contributed by atoms with Crippen LogP contribution in [0.2, 0.25) is 0 Å². The Kier molecular flexibility index (Phi) is 3.23. The summed E-state index contributed by atoms with van der Waals surface area (Å²) in [5, 5.41) is 0. The molecule has 0 aromatic heterocycles. The van der Waals surface area contributed by atoms with Crippen molar-refractivity contribution < 1.29 is 9.59 Å². The third-order valence-electron chi connectivity index (χ3n) is 2.04. The Labute approximate surface area is 78.4 Å². The topological polar surface area (TPSA) is 37.4 Å². The Morgan fingerprint density at radius 3 is 2.31 bits per heavy atom. The van der Waals surface area contributed by atoms with Gasteiger partial charge in [-0.15, -0.1) is 0 Å². The summed E-state index contributed by atoms with van der Waals surface area (Å²) in [4.78, 5) is 24.1. The predicted octanol–water partition coefficient (Wildman–Crippen LogP) is 1.14. The summed E-state index contributed by atoms with van der Waals surface area (Å²) in [7, 11) is 0. The van der Waals surface area contributed by atoms with Gasteiger partial charge in [0.15, 0.2) is 0 Å². The highest BCUT2D eigenvalue weighted by molar-refractivity contribution is 5.90. The number of nitrogens with zero attached hydrogens (tertiary/aromatic N) is 1. The molecule has 0 N–H and O–H groups in total. The van der Waals surface area contributed by atoms with E-state index in [0.29, 0.717) is 25.9 Å². The standard InChI is InChI=1S/C10H15NO2/c1-8(2)7-10(13)11-5-3-9(12)4-6-11/h7H,3-6H2,1-2H3. The molecule has 0 saturated carbocycles. The molecule has 3 heteroatoms. The second-order valence-corrected chi connectivity index (χ2v) is 3.59. The molecule has 0 radical (unpaired) electrons. The number of piperidine rings is 1. The molecule has 1 amide bonds. The molecule has 1 rings (SSSR count). The van der Waals surface area contributed by atoms with E-state index in [0.717, 1.165) is 5.57 Å². The van der Waals surface area contributed by atoms with Crippen molar-refractivity contribution in [1.82, 2.24) is 4.90 Å². The second kappa shape index (κ2) is 4.21. The van der Waals surface area contributed by atoms with Gasteiger partial charge in [-0.2, -0.15) is 0 Å². The summed E-state index contributed by atoms with van der Waals surface area (Å²) < 4.78 is 0. The fraction of sp³-hybridized carbons (Fsp3) is 0.600. The van der Waals surface area contributed by atoms with Crippen LogP contribution >= 0.6 is 0 Å². The summed E-state index contributed by atoms with van der Waals surface area (Å²) in [5.74, 6) is 0.300. The quantitative estimate of drug-likeness (QED) is 0.569. The molecule has 3 nitrogen and oxygen atoms in total. The minimum atomic E-state index is 0.0347. The van der Waals surface area contributed by atoms with Gasteiger partial charge in [0.25, 0.3) is 0 Å². The zero-order valence-corrected chi connectivity index (χ0v) is 8.17. The van der Waals surface area contributed by atoms with E-state index in [1.54, 1.807) is 11.0 Å². The lowest BCUT2D eigenvalue weighted by Gasteiger charge is -2.24. The fourth-order valence-electron chi connectivity index (χ4n) is 1.31. The van der Waals surface area contributed by atoms with Crippen molar-refractivity contribution >= 4 is 11.7 Å². The van der Waals surface area contributed by atoms with E-state index >= 15 is 0 Å². The number of allylic oxidation sites excluding steroid dienone is 1. The van der Waals surface area contributed by atoms with Gasteiger partial charge in [-0.1, -0.05) is 5.57 Å². The van der Waals surface area contributed by atoms with Crippen molar-refractivity contribution in [3.63, 3.8) is 0 Å². The van der Waals surface area contributed by atoms with Gasteiger partial charge in [0.1, 0.15) is 5.78 Å². The van der Waals surface area contributed by atoms with Crippen LogP contribution in [0.4, 0.5) is 0 Å². The average molecular weight is 181 g/mol. The molecular weight excluding hydrogens is 166 g/mol. The Morgan fingerprint density at radius 1 is 1.31 bits per heavy atom. The smallest absolute Gasteiger partial charge is 0.246 e. The van der Waals surface area contributed by atoms with E-state index in [2.05, 4.69) is 0 Å². The maximum atomic E-state index is 11.5. The highest BCUT2D eigenvalue weighted by atomic mass is 16.2. The molecule has 13 heavy (non-hydrogen) atoms. The van der Waals surface area contributed by atoms with E-state index < -0.39 is 0 Å². The van der Waals surface area contributed by atoms with Crippen molar-refractivity contribution in [3.8, 4) is 0 Å². The Bertz CT molecular complexity index is 242. The normalized spacial score (nSPS) is 17.1. The lowest BCUT2D eigenvalue weighted by Crippen LogP contribution is -2.37. The van der Waals surface area contributed by atoms with Gasteiger partial charge in [-0.05, 0) is 13.8 Å². The lowest BCUT2D eigenvalue weighted by atomic mass is 10.1. The van der Waals surface area contributed by atoms with Crippen LogP contribution in [-0.4, -0.2) is 29.7 Å². The minimum Gasteiger partial charge on any atom is -0.338 e. The molecule has 0 unspecified atom stereocenters. The molecular formula is C10H15NO2. The number of ketones is 1. The first kappa shape index (κ1) is 9.96. The zero-order valence-electron chi connectivity index (χ0n) is 8.17. The van der Waals surface area contributed by atoms with Crippen molar-refractivity contribution in [2.45, 2.75) is 26.7 Å². The Balaban J connectivity index is 2.49. The number of carbonyl (C=O) groups is 2. The largest absolute Gasteiger partial charge is 0.338 e. The maximum Gasteiger partial charge on any atom is 0.246 e. The Morgan fingerprint density at radius 2 is 1.85 bits per heavy atom. The molecule has 1 aliphatic heterocycles. The number of amides is 1. The van der Waals surface area contributed by atoms with Gasteiger partial charge < -0.3 is 4.90 Å². The SMILES string of the molecule is CC(C)=CC(=O)N1CCC(=O)CC1. The molecule has 0 aromatic carbocycles. The molecule has 1 fully saturated rings. The number of carbonyl (C=O) groups excluding carboxylic acids is 2. The Hall–Kier alpha value is -1.12. The van der Waals surface area contributed by atoms with E-state index in [-0.39, 0.29) is 11.7 Å². The summed E-state index contributed by atoms with van der Waals surface area (Å²) in [6, 6.07) is 0. The number of hydrogen-bond donors (Lipinski definition) is 0. The average Bonchev–Trinajstić information content (AvgIpc) is 2.04. The number of likely N-dealkylation sites (tertiary alicyclic amines) is 1. The molecule has 1 heterocycles. The second-order valence-electron chi connectivity index (χ2n) is 3.59. The van der Waals surface area contributed by atoms with Crippen LogP contribution in [0.25, 0.3) is 0 Å². The van der Waals surface area contributed by atoms with Crippen LogP contribution in [0.3, 0.4) is 0 Å². The predicted molar refractivity (Wildman–Crippen MR) is 50.3 cm³/mol. The molecule has 0 bridgehead atoms. The number of Topliss-reactive ketones (excluding diaryl/α,β-unsaturated/α-hetero) is 1. The van der Waals surface area contributed by atoms with E-state index in [1.807, 2.05) is 13.8 Å². The molecule has 1 aliphatic rings. The van der Waals surface area contributed by atoms with Gasteiger partial charge >= 0.3 is 0 Å². The van der Waals surface area contributed by atoms with Crippen molar-refractivity contribution in [1.29, 1.82) is 0 Å². The van der Waals surface area contributed by atoms with Crippen molar-refractivity contribution in [2.24, 2.45) is 0 Å². The summed E-state index contributed by atoms with van der Waals surface area (Å²) in [6.07, 6.45) is 2.65. The number of hydrogen-bond acceptors (Lipinski definition) is 2. The summed E-state index contributed by atoms with van der Waals surface area (Å²) in [5.41, 5.74) is 1.00. The molecule has 1 saturated heterocycles. The van der Waals surface area contributed by atoms with Crippen LogP contribution < -0.4 is 0 Å². The van der Waals surface area contributed by atoms with E-state index in [9.17, 15) is 9.59 Å². The maximum absolute atomic E-state index is 11.5. The van der Waals surface area contributed by atoms with Crippen LogP contribution in [0.1, 0.15) is 26.7 Å². The van der Waals surface area contributed by atoms with Crippen LogP contribution in [0, 0.1) is 0 Å². The van der Waals surface area contributed by atoms with Gasteiger partial charge in [0.05, 0.1) is 0 Å². The van der Waals surface area contributed by atoms with Crippen LogP contribution in [0.15, 0.2) is 11.6 Å². The van der Waals surface area contributed by atoms with Crippen molar-refractivity contribution in [3.05, 3.63) is 11.6 Å². The first-order chi connectivity index (χ1) is 6.09. The first-order valence-corrected chi connectivity index (χ1v) is 4.55. The van der Waals surface area contributed by atoms with Gasteiger partial charge in [0.2, 0.25) is 5.91 Å². The minimum absolute atomic E-state index is 0.0347. The summed E-state index contributed by atoms with van der Waals surface area (Å²) >= 11 is 0. The number of rotatable bonds is 1. The monoisotopic (exact) mass is 181 g/mol. The van der Waals surface area contributed by atoms with Gasteiger partial charge in [-0.25, -0.2) is 0 Å². The van der Waals surface area contributed by atoms with Gasteiger partial charge in [0, 0.05) is 32.0 Å².